The third-order valence-corrected chi connectivity index (χ3v) is 2.77. The van der Waals surface area contributed by atoms with Gasteiger partial charge in [0.05, 0.1) is 0 Å². The summed E-state index contributed by atoms with van der Waals surface area (Å²) >= 11 is 0. The fraction of sp³-hybridized carbons (Fsp3) is 0.615. The van der Waals surface area contributed by atoms with Crippen LogP contribution >= 0.6 is 0 Å². The largest absolute Gasteiger partial charge is 0.347 e. The zero-order valence-corrected chi connectivity index (χ0v) is 12.2. The van der Waals surface area contributed by atoms with Gasteiger partial charge in [-0.05, 0) is 6.92 Å². The van der Waals surface area contributed by atoms with Gasteiger partial charge in [0.25, 0.3) is 0 Å². The maximum absolute atomic E-state index is 11.9. The predicted molar refractivity (Wildman–Crippen MR) is 72.6 cm³/mol. The van der Waals surface area contributed by atoms with Crippen LogP contribution < -0.4 is 5.32 Å². The van der Waals surface area contributed by atoms with Crippen molar-refractivity contribution >= 4 is 11.8 Å². The highest BCUT2D eigenvalue weighted by Gasteiger charge is 2.18. The number of nitrogens with one attached hydrogen (secondary N) is 1. The molecule has 0 unspecified atom stereocenters. The van der Waals surface area contributed by atoms with E-state index in [1.165, 1.54) is 4.90 Å². The van der Waals surface area contributed by atoms with Crippen molar-refractivity contribution < 1.29 is 9.59 Å². The summed E-state index contributed by atoms with van der Waals surface area (Å²) in [6, 6.07) is -0.520. The van der Waals surface area contributed by atoms with Gasteiger partial charge in [-0.15, -0.1) is 0 Å². The second-order valence-electron chi connectivity index (χ2n) is 5.09. The Kier molecular flexibility index (Phi) is 5.09. The number of carbonyl (C=O) groups is 2. The van der Waals surface area contributed by atoms with E-state index in [9.17, 15) is 9.59 Å². The maximum Gasteiger partial charge on any atom is 0.244 e. The summed E-state index contributed by atoms with van der Waals surface area (Å²) in [7, 11) is 3.33. The maximum atomic E-state index is 11.9. The zero-order chi connectivity index (χ0) is 14.6. The summed E-state index contributed by atoms with van der Waals surface area (Å²) in [4.78, 5) is 29.2. The molecule has 0 aliphatic carbocycles. The second-order valence-corrected chi connectivity index (χ2v) is 5.09. The highest BCUT2D eigenvalue weighted by Crippen LogP contribution is 2.11. The number of likely N-dealkylation sites (N-methyl/N-ethyl adjacent to an activating group) is 1. The van der Waals surface area contributed by atoms with Crippen LogP contribution in [-0.4, -0.2) is 46.4 Å². The van der Waals surface area contributed by atoms with Crippen LogP contribution in [0.25, 0.3) is 0 Å². The molecule has 1 rings (SSSR count). The Labute approximate surface area is 113 Å². The summed E-state index contributed by atoms with van der Waals surface area (Å²) in [5.41, 5.74) is 0. The Hall–Kier alpha value is -1.85. The predicted octanol–water partition coefficient (Wildman–Crippen LogP) is 0.599. The van der Waals surface area contributed by atoms with Crippen molar-refractivity contribution in [2.24, 2.45) is 0 Å². The third kappa shape index (κ3) is 4.08. The molecule has 0 saturated heterocycles. The molecule has 0 fully saturated rings. The molecule has 1 atom stereocenters. The van der Waals surface area contributed by atoms with Gasteiger partial charge in [0.15, 0.2) is 0 Å². The number of aromatic nitrogens is 2. The summed E-state index contributed by atoms with van der Waals surface area (Å²) in [6.07, 6.45) is 3.45. The van der Waals surface area contributed by atoms with Crippen LogP contribution in [0.1, 0.15) is 32.5 Å². The van der Waals surface area contributed by atoms with Crippen LogP contribution in [0.3, 0.4) is 0 Å². The number of hydrogen-bond donors (Lipinski definition) is 1. The topological polar surface area (TPSA) is 67.2 Å². The number of amides is 2. The van der Waals surface area contributed by atoms with Crippen molar-refractivity contribution in [1.82, 2.24) is 19.8 Å². The monoisotopic (exact) mass is 266 g/mol. The fourth-order valence-corrected chi connectivity index (χ4v) is 1.85. The first-order chi connectivity index (χ1) is 8.82. The van der Waals surface area contributed by atoms with E-state index < -0.39 is 6.04 Å². The summed E-state index contributed by atoms with van der Waals surface area (Å²) in [6.45, 7) is 5.90. The van der Waals surface area contributed by atoms with Crippen LogP contribution in [0.2, 0.25) is 0 Å². The average molecular weight is 266 g/mol. The molecule has 0 radical (unpaired) electrons. The van der Waals surface area contributed by atoms with Crippen LogP contribution in [0.5, 0.6) is 0 Å². The summed E-state index contributed by atoms with van der Waals surface area (Å²) in [5.74, 6) is 0.802. The molecule has 1 aromatic heterocycles. The summed E-state index contributed by atoms with van der Waals surface area (Å²) < 4.78 is 1.80. The van der Waals surface area contributed by atoms with Crippen molar-refractivity contribution in [3.05, 3.63) is 18.2 Å². The van der Waals surface area contributed by atoms with Gasteiger partial charge in [0, 0.05) is 32.4 Å². The van der Waals surface area contributed by atoms with Crippen LogP contribution in [0.4, 0.5) is 0 Å². The van der Waals surface area contributed by atoms with Crippen LogP contribution in [0, 0.1) is 0 Å². The van der Waals surface area contributed by atoms with Gasteiger partial charge in [-0.25, -0.2) is 4.98 Å². The van der Waals surface area contributed by atoms with E-state index in [4.69, 9.17) is 0 Å². The minimum atomic E-state index is -0.520. The fourth-order valence-electron chi connectivity index (χ4n) is 1.85. The molecule has 6 nitrogen and oxygen atoms in total. The zero-order valence-electron chi connectivity index (χ0n) is 12.2. The Morgan fingerprint density at radius 3 is 2.53 bits per heavy atom. The van der Waals surface area contributed by atoms with Crippen LogP contribution in [0.15, 0.2) is 12.4 Å². The first-order valence-corrected chi connectivity index (χ1v) is 6.34. The standard InChI is InChI=1S/C13H22N4O2/c1-9(2)12-14-6-7-17(12)8-11(18)15-10(3)13(19)16(4)5/h6-7,9-10H,8H2,1-5H3,(H,15,18)/t10-/m0/s1. The quantitative estimate of drug-likeness (QED) is 0.848. The van der Waals surface area contributed by atoms with Crippen molar-refractivity contribution in [3.63, 3.8) is 0 Å². The first-order valence-electron chi connectivity index (χ1n) is 6.34. The van der Waals surface area contributed by atoms with E-state index in [1.54, 1.807) is 38.0 Å². The molecule has 0 saturated carbocycles. The molecule has 2 amide bonds. The highest BCUT2D eigenvalue weighted by atomic mass is 16.2. The van der Waals surface area contributed by atoms with Gasteiger partial charge in [0.2, 0.25) is 11.8 Å². The van der Waals surface area contributed by atoms with E-state index in [-0.39, 0.29) is 24.3 Å². The summed E-state index contributed by atoms with van der Waals surface area (Å²) in [5, 5.41) is 2.69. The molecule has 0 aliphatic heterocycles. The lowest BCUT2D eigenvalue weighted by molar-refractivity contribution is -0.134. The van der Waals surface area contributed by atoms with Gasteiger partial charge in [-0.3, -0.25) is 9.59 Å². The second kappa shape index (κ2) is 6.36. The molecule has 0 aromatic carbocycles. The molecule has 0 bridgehead atoms. The van der Waals surface area contributed by atoms with Crippen LogP contribution in [-0.2, 0) is 16.1 Å². The van der Waals surface area contributed by atoms with Gasteiger partial charge in [-0.1, -0.05) is 13.8 Å². The molecule has 0 spiro atoms. The van der Waals surface area contributed by atoms with E-state index in [0.717, 1.165) is 5.82 Å². The van der Waals surface area contributed by atoms with Crippen molar-refractivity contribution in [1.29, 1.82) is 0 Å². The van der Waals surface area contributed by atoms with Crippen molar-refractivity contribution in [2.75, 3.05) is 14.1 Å². The Bertz CT molecular complexity index is 451. The van der Waals surface area contributed by atoms with E-state index in [1.807, 2.05) is 13.8 Å². The van der Waals surface area contributed by atoms with Gasteiger partial charge >= 0.3 is 0 Å². The Balaban J connectivity index is 2.61. The number of hydrogen-bond acceptors (Lipinski definition) is 3. The number of nitrogens with zero attached hydrogens (tertiary/aromatic N) is 3. The number of carbonyl (C=O) groups excluding carboxylic acids is 2. The average Bonchev–Trinajstić information content (AvgIpc) is 2.75. The Morgan fingerprint density at radius 1 is 1.37 bits per heavy atom. The van der Waals surface area contributed by atoms with Gasteiger partial charge in [-0.2, -0.15) is 0 Å². The molecular formula is C13H22N4O2. The SMILES string of the molecule is CC(C)c1nccn1CC(=O)N[C@@H](C)C(=O)N(C)C. The lowest BCUT2D eigenvalue weighted by Crippen LogP contribution is -2.45. The molecule has 1 heterocycles. The van der Waals surface area contributed by atoms with Crippen molar-refractivity contribution in [3.8, 4) is 0 Å². The smallest absolute Gasteiger partial charge is 0.244 e. The molecule has 6 heteroatoms. The Morgan fingerprint density at radius 2 is 2.00 bits per heavy atom. The lowest BCUT2D eigenvalue weighted by Gasteiger charge is -2.18. The number of imidazole rings is 1. The molecule has 1 aromatic rings. The van der Waals surface area contributed by atoms with E-state index in [2.05, 4.69) is 10.3 Å². The number of rotatable bonds is 5. The minimum absolute atomic E-state index is 0.122. The minimum Gasteiger partial charge on any atom is -0.347 e. The molecule has 0 aliphatic rings. The van der Waals surface area contributed by atoms with Gasteiger partial charge < -0.3 is 14.8 Å². The molecule has 106 valence electrons. The van der Waals surface area contributed by atoms with E-state index >= 15 is 0 Å². The normalized spacial score (nSPS) is 12.3. The molecular weight excluding hydrogens is 244 g/mol. The molecule has 19 heavy (non-hydrogen) atoms. The van der Waals surface area contributed by atoms with Gasteiger partial charge in [0.1, 0.15) is 18.4 Å². The highest BCUT2D eigenvalue weighted by molar-refractivity contribution is 5.86. The van der Waals surface area contributed by atoms with E-state index in [0.29, 0.717) is 0 Å². The molecule has 1 N–H and O–H groups in total. The lowest BCUT2D eigenvalue weighted by atomic mass is 10.2. The third-order valence-electron chi connectivity index (χ3n) is 2.77. The van der Waals surface area contributed by atoms with Crippen molar-refractivity contribution in [2.45, 2.75) is 39.3 Å². The first kappa shape index (κ1) is 15.2.